The number of fused-ring (bicyclic) bond motifs is 1. The van der Waals surface area contributed by atoms with Crippen LogP contribution in [0.25, 0.3) is 0 Å². The SMILES string of the molecule is Cc1ccc(S(=O)(=O)N2C[C@@H]3CCCC[C@H]3CC2=O)cc1. The van der Waals surface area contributed by atoms with Crippen molar-refractivity contribution in [2.75, 3.05) is 6.54 Å². The normalized spacial score (nSPS) is 26.5. The minimum atomic E-state index is -3.69. The van der Waals surface area contributed by atoms with Crippen LogP contribution in [0, 0.1) is 18.8 Å². The first-order valence-electron chi connectivity index (χ1n) is 7.61. The molecule has 1 aromatic rings. The van der Waals surface area contributed by atoms with Crippen molar-refractivity contribution in [3.63, 3.8) is 0 Å². The van der Waals surface area contributed by atoms with Crippen LogP contribution < -0.4 is 0 Å². The Morgan fingerprint density at radius 3 is 2.33 bits per heavy atom. The Balaban J connectivity index is 1.88. The number of rotatable bonds is 2. The molecular weight excluding hydrogens is 286 g/mol. The van der Waals surface area contributed by atoms with Crippen LogP contribution >= 0.6 is 0 Å². The molecule has 1 amide bonds. The number of carbonyl (C=O) groups is 1. The average molecular weight is 307 g/mol. The van der Waals surface area contributed by atoms with Crippen molar-refractivity contribution in [1.82, 2.24) is 4.31 Å². The molecule has 114 valence electrons. The molecule has 1 heterocycles. The third-order valence-electron chi connectivity index (χ3n) is 4.79. The van der Waals surface area contributed by atoms with Gasteiger partial charge in [-0.2, -0.15) is 0 Å². The van der Waals surface area contributed by atoms with Crippen LogP contribution in [0.5, 0.6) is 0 Å². The second-order valence-corrected chi connectivity index (χ2v) is 8.11. The molecule has 0 spiro atoms. The number of carbonyl (C=O) groups excluding carboxylic acids is 1. The van der Waals surface area contributed by atoms with E-state index in [2.05, 4.69) is 0 Å². The van der Waals surface area contributed by atoms with E-state index in [4.69, 9.17) is 0 Å². The van der Waals surface area contributed by atoms with E-state index in [1.165, 1.54) is 6.42 Å². The van der Waals surface area contributed by atoms with E-state index in [1.54, 1.807) is 24.3 Å². The highest BCUT2D eigenvalue weighted by Gasteiger charge is 2.40. The molecule has 0 N–H and O–H groups in total. The second-order valence-electron chi connectivity index (χ2n) is 6.25. The van der Waals surface area contributed by atoms with Gasteiger partial charge in [-0.1, -0.05) is 30.5 Å². The Morgan fingerprint density at radius 2 is 1.67 bits per heavy atom. The van der Waals surface area contributed by atoms with Gasteiger partial charge in [0.1, 0.15) is 0 Å². The molecule has 0 aromatic heterocycles. The van der Waals surface area contributed by atoms with Gasteiger partial charge < -0.3 is 0 Å². The lowest BCUT2D eigenvalue weighted by Crippen LogP contribution is -2.48. The van der Waals surface area contributed by atoms with Crippen LogP contribution in [0.3, 0.4) is 0 Å². The molecule has 3 rings (SSSR count). The number of nitrogens with zero attached hydrogens (tertiary/aromatic N) is 1. The highest BCUT2D eigenvalue weighted by Crippen LogP contribution is 2.38. The van der Waals surface area contributed by atoms with Gasteiger partial charge >= 0.3 is 0 Å². The van der Waals surface area contributed by atoms with E-state index in [1.807, 2.05) is 6.92 Å². The van der Waals surface area contributed by atoms with Crippen molar-refractivity contribution in [2.24, 2.45) is 11.8 Å². The summed E-state index contributed by atoms with van der Waals surface area (Å²) >= 11 is 0. The Kier molecular flexibility index (Phi) is 3.78. The fourth-order valence-corrected chi connectivity index (χ4v) is 4.97. The maximum atomic E-state index is 12.7. The topological polar surface area (TPSA) is 54.5 Å². The molecule has 0 bridgehead atoms. The summed E-state index contributed by atoms with van der Waals surface area (Å²) in [7, 11) is -3.69. The van der Waals surface area contributed by atoms with Crippen molar-refractivity contribution in [3.8, 4) is 0 Å². The van der Waals surface area contributed by atoms with Crippen molar-refractivity contribution >= 4 is 15.9 Å². The summed E-state index contributed by atoms with van der Waals surface area (Å²) < 4.78 is 26.5. The van der Waals surface area contributed by atoms with E-state index in [9.17, 15) is 13.2 Å². The molecule has 0 unspecified atom stereocenters. The molecule has 5 heteroatoms. The van der Waals surface area contributed by atoms with Crippen LogP contribution in [0.1, 0.15) is 37.7 Å². The molecule has 1 aromatic carbocycles. The molecule has 2 atom stereocenters. The molecule has 21 heavy (non-hydrogen) atoms. The van der Waals surface area contributed by atoms with Crippen LogP contribution in [0.2, 0.25) is 0 Å². The van der Waals surface area contributed by atoms with Crippen LogP contribution in [0.4, 0.5) is 0 Å². The van der Waals surface area contributed by atoms with Gasteiger partial charge in [0.05, 0.1) is 4.90 Å². The van der Waals surface area contributed by atoms with Gasteiger partial charge in [0.2, 0.25) is 5.91 Å². The number of aryl methyl sites for hydroxylation is 1. The maximum absolute atomic E-state index is 12.7. The highest BCUT2D eigenvalue weighted by molar-refractivity contribution is 7.89. The molecule has 1 saturated heterocycles. The lowest BCUT2D eigenvalue weighted by Gasteiger charge is -2.40. The summed E-state index contributed by atoms with van der Waals surface area (Å²) in [5.41, 5.74) is 1.01. The molecule has 1 aliphatic carbocycles. The second kappa shape index (κ2) is 5.44. The van der Waals surface area contributed by atoms with E-state index >= 15 is 0 Å². The minimum Gasteiger partial charge on any atom is -0.274 e. The van der Waals surface area contributed by atoms with E-state index in [-0.39, 0.29) is 10.8 Å². The fraction of sp³-hybridized carbons (Fsp3) is 0.562. The smallest absolute Gasteiger partial charge is 0.266 e. The zero-order valence-electron chi connectivity index (χ0n) is 12.3. The summed E-state index contributed by atoms with van der Waals surface area (Å²) in [4.78, 5) is 12.5. The average Bonchev–Trinajstić information content (AvgIpc) is 2.47. The predicted molar refractivity (Wildman–Crippen MR) is 80.1 cm³/mol. The monoisotopic (exact) mass is 307 g/mol. The quantitative estimate of drug-likeness (QED) is 0.844. The molecule has 4 nitrogen and oxygen atoms in total. The Hall–Kier alpha value is -1.36. The van der Waals surface area contributed by atoms with Gasteiger partial charge in [0.15, 0.2) is 0 Å². The van der Waals surface area contributed by atoms with Crippen LogP contribution in [-0.2, 0) is 14.8 Å². The summed E-state index contributed by atoms with van der Waals surface area (Å²) in [6, 6.07) is 6.71. The molecule has 2 aliphatic rings. The number of hydrogen-bond donors (Lipinski definition) is 0. The van der Waals surface area contributed by atoms with Gasteiger partial charge in [-0.05, 0) is 43.7 Å². The van der Waals surface area contributed by atoms with E-state index in [0.717, 1.165) is 29.1 Å². The predicted octanol–water partition coefficient (Wildman–Crippen LogP) is 2.72. The lowest BCUT2D eigenvalue weighted by molar-refractivity contribution is -0.132. The number of benzene rings is 1. The summed E-state index contributed by atoms with van der Waals surface area (Å²) in [6.07, 6.45) is 4.80. The zero-order valence-corrected chi connectivity index (χ0v) is 13.1. The number of piperidine rings is 1. The molecule has 0 radical (unpaired) electrons. The molecular formula is C16H21NO3S. The Morgan fingerprint density at radius 1 is 1.05 bits per heavy atom. The van der Waals surface area contributed by atoms with Gasteiger partial charge in [0.25, 0.3) is 10.0 Å². The highest BCUT2D eigenvalue weighted by atomic mass is 32.2. The number of amides is 1. The fourth-order valence-electron chi connectivity index (χ4n) is 3.50. The van der Waals surface area contributed by atoms with E-state index in [0.29, 0.717) is 24.8 Å². The van der Waals surface area contributed by atoms with Gasteiger partial charge in [-0.25, -0.2) is 12.7 Å². The Labute approximate surface area is 126 Å². The van der Waals surface area contributed by atoms with Crippen molar-refractivity contribution in [1.29, 1.82) is 0 Å². The van der Waals surface area contributed by atoms with Crippen LogP contribution in [0.15, 0.2) is 29.2 Å². The first kappa shape index (κ1) is 14.6. The lowest BCUT2D eigenvalue weighted by atomic mass is 9.75. The summed E-state index contributed by atoms with van der Waals surface area (Å²) in [5, 5.41) is 0. The van der Waals surface area contributed by atoms with Gasteiger partial charge in [0, 0.05) is 13.0 Å². The van der Waals surface area contributed by atoms with E-state index < -0.39 is 10.0 Å². The summed E-state index contributed by atoms with van der Waals surface area (Å²) in [6.45, 7) is 2.27. The first-order valence-corrected chi connectivity index (χ1v) is 9.05. The number of sulfonamides is 1. The van der Waals surface area contributed by atoms with Gasteiger partial charge in [-0.15, -0.1) is 0 Å². The van der Waals surface area contributed by atoms with Crippen LogP contribution in [-0.4, -0.2) is 25.2 Å². The van der Waals surface area contributed by atoms with Crippen molar-refractivity contribution in [3.05, 3.63) is 29.8 Å². The molecule has 2 fully saturated rings. The third kappa shape index (κ3) is 2.71. The molecule has 1 saturated carbocycles. The first-order chi connectivity index (χ1) is 9.98. The number of hydrogen-bond acceptors (Lipinski definition) is 3. The van der Waals surface area contributed by atoms with Crippen molar-refractivity contribution in [2.45, 2.75) is 43.9 Å². The maximum Gasteiger partial charge on any atom is 0.266 e. The zero-order chi connectivity index (χ0) is 15.0. The third-order valence-corrected chi connectivity index (χ3v) is 6.59. The molecule has 1 aliphatic heterocycles. The van der Waals surface area contributed by atoms with Gasteiger partial charge in [-0.3, -0.25) is 4.79 Å². The Bertz CT molecular complexity index is 636. The summed E-state index contributed by atoms with van der Waals surface area (Å²) in [5.74, 6) is 0.492. The standard InChI is InChI=1S/C16H21NO3S/c1-12-6-8-15(9-7-12)21(19,20)17-11-14-5-3-2-4-13(14)10-16(17)18/h6-9,13-14H,2-5,10-11H2,1H3/t13-,14-/m0/s1. The van der Waals surface area contributed by atoms with Crippen molar-refractivity contribution < 1.29 is 13.2 Å². The minimum absolute atomic E-state index is 0.218. The largest absolute Gasteiger partial charge is 0.274 e.